The molecule has 284 valence electrons. The molecule has 0 bridgehead atoms. The zero-order valence-electron chi connectivity index (χ0n) is 33.6. The lowest BCUT2D eigenvalue weighted by Crippen LogP contribution is -2.50. The molecule has 0 aromatic rings. The molecule has 4 nitrogen and oxygen atoms in total. The Hall–Kier alpha value is 0.0569. The van der Waals surface area contributed by atoms with Crippen molar-refractivity contribution in [3.63, 3.8) is 0 Å². The van der Waals surface area contributed by atoms with Crippen molar-refractivity contribution in [1.29, 1.82) is 0 Å². The van der Waals surface area contributed by atoms with Gasteiger partial charge in [-0.15, -0.1) is 0 Å². The van der Waals surface area contributed by atoms with E-state index in [1.165, 1.54) is 165 Å². The largest absolute Gasteiger partial charge is 0.501 e. The van der Waals surface area contributed by atoms with Gasteiger partial charge in [-0.05, 0) is 44.9 Å². The lowest BCUT2D eigenvalue weighted by atomic mass is 10.0. The molecule has 0 fully saturated rings. The van der Waals surface area contributed by atoms with Crippen LogP contribution in [0.1, 0.15) is 221 Å². The number of nitrogens with zero attached hydrogens (tertiary/aromatic N) is 1. The average Bonchev–Trinajstić information content (AvgIpc) is 3.06. The highest BCUT2D eigenvalue weighted by Crippen LogP contribution is 2.23. The monoisotopic (exact) mass is 685 g/mol. The molecule has 0 unspecified atom stereocenters. The Morgan fingerprint density at radius 3 is 0.872 bits per heavy atom. The van der Waals surface area contributed by atoms with E-state index < -0.39 is 8.80 Å². The molecular weight excluding hydrogens is 595 g/mol. The van der Waals surface area contributed by atoms with Crippen LogP contribution in [0.25, 0.3) is 0 Å². The van der Waals surface area contributed by atoms with Crippen LogP contribution in [0, 0.1) is 0 Å². The fourth-order valence-electron chi connectivity index (χ4n) is 6.79. The van der Waals surface area contributed by atoms with Gasteiger partial charge in [-0.2, -0.15) is 0 Å². The number of rotatable bonds is 40. The van der Waals surface area contributed by atoms with Crippen molar-refractivity contribution >= 4 is 8.80 Å². The van der Waals surface area contributed by atoms with Gasteiger partial charge in [-0.3, -0.25) is 0 Å². The van der Waals surface area contributed by atoms with E-state index in [0.717, 1.165) is 70.8 Å². The first kappa shape index (κ1) is 47.1. The van der Waals surface area contributed by atoms with E-state index in [2.05, 4.69) is 41.7 Å². The minimum Gasteiger partial charge on any atom is -0.373 e. The van der Waals surface area contributed by atoms with Crippen LogP contribution in [0.4, 0.5) is 0 Å². The summed E-state index contributed by atoms with van der Waals surface area (Å²) in [7, 11) is -0.0934. The van der Waals surface area contributed by atoms with Crippen molar-refractivity contribution in [3.8, 4) is 0 Å². The predicted octanol–water partition coefficient (Wildman–Crippen LogP) is 13.8. The van der Waals surface area contributed by atoms with Gasteiger partial charge in [-0.1, -0.05) is 169 Å². The molecule has 0 aliphatic rings. The standard InChI is InChI=1S/C42H90NO3Si/c1-7-12-17-19-21-23-25-27-29-31-33-36-43(6,37-34-32-30-28-26-24-22-20-18-13-8-2)38-35-42-47(44-39-14-9-3,45-40-15-10-4)46-41-16-11-5/h7-42H2,1-6H3/q+1. The highest BCUT2D eigenvalue weighted by Gasteiger charge is 2.41. The van der Waals surface area contributed by atoms with Gasteiger partial charge in [0.1, 0.15) is 0 Å². The molecule has 0 heterocycles. The van der Waals surface area contributed by atoms with E-state index in [1.807, 2.05) is 0 Å². The molecular formula is C42H90NO3Si+. The molecule has 0 saturated carbocycles. The van der Waals surface area contributed by atoms with Crippen molar-refractivity contribution in [2.45, 2.75) is 227 Å². The number of hydrogen-bond acceptors (Lipinski definition) is 3. The fourth-order valence-corrected chi connectivity index (χ4v) is 9.43. The molecule has 47 heavy (non-hydrogen) atoms. The third-order valence-electron chi connectivity index (χ3n) is 10.2. The van der Waals surface area contributed by atoms with Crippen LogP contribution in [-0.2, 0) is 13.3 Å². The minimum atomic E-state index is -2.65. The van der Waals surface area contributed by atoms with Crippen molar-refractivity contribution in [2.24, 2.45) is 0 Å². The van der Waals surface area contributed by atoms with Crippen LogP contribution < -0.4 is 0 Å². The summed E-state index contributed by atoms with van der Waals surface area (Å²) >= 11 is 0. The first-order valence-corrected chi connectivity index (χ1v) is 23.7. The zero-order valence-corrected chi connectivity index (χ0v) is 34.6. The highest BCUT2D eigenvalue weighted by molar-refractivity contribution is 6.60. The second-order valence-electron chi connectivity index (χ2n) is 15.3. The Morgan fingerprint density at radius 1 is 0.319 bits per heavy atom. The quantitative estimate of drug-likeness (QED) is 0.0365. The summed E-state index contributed by atoms with van der Waals surface area (Å²) in [6.45, 7) is 17.6. The van der Waals surface area contributed by atoms with Gasteiger partial charge < -0.3 is 17.8 Å². The Labute approximate surface area is 299 Å². The van der Waals surface area contributed by atoms with Crippen LogP contribution in [0.3, 0.4) is 0 Å². The second-order valence-corrected chi connectivity index (χ2v) is 18.0. The molecule has 0 N–H and O–H groups in total. The van der Waals surface area contributed by atoms with Crippen molar-refractivity contribution in [2.75, 3.05) is 46.5 Å². The molecule has 0 aliphatic heterocycles. The van der Waals surface area contributed by atoms with E-state index in [0.29, 0.717) is 0 Å². The lowest BCUT2D eigenvalue weighted by molar-refractivity contribution is -0.910. The molecule has 5 heteroatoms. The number of quaternary nitrogens is 1. The lowest BCUT2D eigenvalue weighted by Gasteiger charge is -2.36. The van der Waals surface area contributed by atoms with E-state index in [1.54, 1.807) is 0 Å². The Morgan fingerprint density at radius 2 is 0.574 bits per heavy atom. The average molecular weight is 685 g/mol. The maximum Gasteiger partial charge on any atom is 0.501 e. The summed E-state index contributed by atoms with van der Waals surface area (Å²) in [5.41, 5.74) is 0. The van der Waals surface area contributed by atoms with Gasteiger partial charge in [0, 0.05) is 32.3 Å². The molecule has 0 radical (unpaired) electrons. The Bertz CT molecular complexity index is 552. The molecule has 0 aromatic carbocycles. The smallest absolute Gasteiger partial charge is 0.373 e. The topological polar surface area (TPSA) is 27.7 Å². The first-order valence-electron chi connectivity index (χ1n) is 21.8. The van der Waals surface area contributed by atoms with Gasteiger partial charge in [0.2, 0.25) is 0 Å². The van der Waals surface area contributed by atoms with Gasteiger partial charge >= 0.3 is 8.80 Å². The highest BCUT2D eigenvalue weighted by atomic mass is 28.4. The molecule has 0 aromatic heterocycles. The fraction of sp³-hybridized carbons (Fsp3) is 1.00. The Balaban J connectivity index is 4.94. The van der Waals surface area contributed by atoms with Crippen LogP contribution >= 0.6 is 0 Å². The number of unbranched alkanes of at least 4 members (excludes halogenated alkanes) is 23. The normalized spacial score (nSPS) is 12.4. The maximum atomic E-state index is 6.61. The van der Waals surface area contributed by atoms with Crippen LogP contribution in [0.2, 0.25) is 6.04 Å². The summed E-state index contributed by atoms with van der Waals surface area (Å²) in [6, 6.07) is 0.981. The summed E-state index contributed by atoms with van der Waals surface area (Å²) < 4.78 is 21.1. The van der Waals surface area contributed by atoms with Gasteiger partial charge in [-0.25, -0.2) is 0 Å². The van der Waals surface area contributed by atoms with Gasteiger partial charge in [0.05, 0.1) is 26.7 Å². The molecule has 0 aliphatic carbocycles. The van der Waals surface area contributed by atoms with E-state index >= 15 is 0 Å². The van der Waals surface area contributed by atoms with Crippen molar-refractivity contribution in [1.82, 2.24) is 0 Å². The summed E-state index contributed by atoms with van der Waals surface area (Å²) in [4.78, 5) is 0. The summed E-state index contributed by atoms with van der Waals surface area (Å²) in [6.07, 6.45) is 39.2. The minimum absolute atomic E-state index is 0.782. The van der Waals surface area contributed by atoms with Crippen molar-refractivity contribution < 1.29 is 17.8 Å². The SMILES string of the molecule is CCCCCCCCCCCCC[N+](C)(CCCCCCCCCCCCC)CCC[Si](OCCCC)(OCCCC)OCCCC. The molecule has 0 atom stereocenters. The van der Waals surface area contributed by atoms with Gasteiger partial charge in [0.15, 0.2) is 0 Å². The number of hydrogen-bond donors (Lipinski definition) is 0. The van der Waals surface area contributed by atoms with Crippen LogP contribution in [-0.4, -0.2) is 59.8 Å². The third kappa shape index (κ3) is 30.6. The van der Waals surface area contributed by atoms with Crippen LogP contribution in [0.15, 0.2) is 0 Å². The molecule has 0 spiro atoms. The summed E-state index contributed by atoms with van der Waals surface area (Å²) in [5.74, 6) is 0. The summed E-state index contributed by atoms with van der Waals surface area (Å²) in [5, 5.41) is 0. The third-order valence-corrected chi connectivity index (χ3v) is 13.1. The molecule has 0 saturated heterocycles. The Kier molecular flexibility index (Phi) is 35.9. The molecule has 0 rings (SSSR count). The van der Waals surface area contributed by atoms with E-state index in [-0.39, 0.29) is 0 Å². The maximum absolute atomic E-state index is 6.61. The second kappa shape index (κ2) is 35.9. The zero-order chi connectivity index (χ0) is 34.6. The molecule has 0 amide bonds. The van der Waals surface area contributed by atoms with Crippen molar-refractivity contribution in [3.05, 3.63) is 0 Å². The van der Waals surface area contributed by atoms with Crippen LogP contribution in [0.5, 0.6) is 0 Å². The van der Waals surface area contributed by atoms with E-state index in [4.69, 9.17) is 13.3 Å². The predicted molar refractivity (Wildman–Crippen MR) is 211 cm³/mol. The van der Waals surface area contributed by atoms with Gasteiger partial charge in [0.25, 0.3) is 0 Å². The first-order chi connectivity index (χ1) is 23.0. The van der Waals surface area contributed by atoms with E-state index in [9.17, 15) is 0 Å².